The highest BCUT2D eigenvalue weighted by atomic mass is 16.2. The van der Waals surface area contributed by atoms with Crippen LogP contribution < -0.4 is 10.6 Å². The number of carbonyl (C=O) groups excluding carboxylic acids is 2. The number of nitrogens with one attached hydrogen (secondary N) is 2. The van der Waals surface area contributed by atoms with Gasteiger partial charge in [-0.15, -0.1) is 0 Å². The van der Waals surface area contributed by atoms with Crippen LogP contribution in [0.1, 0.15) is 45.7 Å². The molecule has 1 saturated heterocycles. The second-order valence-electron chi connectivity index (χ2n) is 8.39. The Morgan fingerprint density at radius 2 is 2.08 bits per heavy atom. The largest absolute Gasteiger partial charge is 0.355 e. The summed E-state index contributed by atoms with van der Waals surface area (Å²) < 4.78 is 0. The zero-order chi connectivity index (χ0) is 19.2. The van der Waals surface area contributed by atoms with Gasteiger partial charge in [0.25, 0.3) is 0 Å². The lowest BCUT2D eigenvalue weighted by Crippen LogP contribution is -2.45. The average molecular weight is 361 g/mol. The van der Waals surface area contributed by atoms with E-state index in [1.165, 1.54) is 0 Å². The van der Waals surface area contributed by atoms with E-state index in [1.54, 1.807) is 6.07 Å². The van der Waals surface area contributed by atoms with Crippen LogP contribution in [0.4, 0.5) is 5.82 Å². The van der Waals surface area contributed by atoms with Crippen LogP contribution in [0.5, 0.6) is 0 Å². The lowest BCUT2D eigenvalue weighted by atomic mass is 9.92. The van der Waals surface area contributed by atoms with Gasteiger partial charge in [-0.2, -0.15) is 0 Å². The Labute approximate surface area is 156 Å². The summed E-state index contributed by atoms with van der Waals surface area (Å²) in [6.07, 6.45) is 2.72. The number of carbonyl (C=O) groups is 2. The number of aromatic nitrogens is 1. The van der Waals surface area contributed by atoms with Gasteiger partial charge in [0.05, 0.1) is 12.5 Å². The van der Waals surface area contributed by atoms with Gasteiger partial charge in [-0.3, -0.25) is 14.5 Å². The first-order valence-corrected chi connectivity index (χ1v) is 9.46. The zero-order valence-electron chi connectivity index (χ0n) is 16.5. The van der Waals surface area contributed by atoms with Crippen molar-refractivity contribution in [2.45, 2.75) is 47.0 Å². The molecule has 6 heteroatoms. The SMILES string of the molecule is Cc1cccc(NC(=O)C2CCCN(CC(=O)NCCC(C)(C)C)C2)n1. The number of pyridine rings is 1. The number of amides is 2. The van der Waals surface area contributed by atoms with Crippen molar-refractivity contribution < 1.29 is 9.59 Å². The van der Waals surface area contributed by atoms with Gasteiger partial charge in [0.1, 0.15) is 5.82 Å². The van der Waals surface area contributed by atoms with Gasteiger partial charge < -0.3 is 10.6 Å². The fourth-order valence-corrected chi connectivity index (χ4v) is 3.09. The van der Waals surface area contributed by atoms with E-state index in [2.05, 4.69) is 41.3 Å². The van der Waals surface area contributed by atoms with Crippen molar-refractivity contribution in [3.63, 3.8) is 0 Å². The summed E-state index contributed by atoms with van der Waals surface area (Å²) >= 11 is 0. The fraction of sp³-hybridized carbons (Fsp3) is 0.650. The molecule has 1 aliphatic rings. The third kappa shape index (κ3) is 7.12. The molecule has 1 aliphatic heterocycles. The van der Waals surface area contributed by atoms with Crippen LogP contribution in [0, 0.1) is 18.3 Å². The van der Waals surface area contributed by atoms with Crippen molar-refractivity contribution in [3.8, 4) is 0 Å². The molecule has 0 aliphatic carbocycles. The minimum atomic E-state index is -0.103. The first-order valence-electron chi connectivity index (χ1n) is 9.46. The molecule has 144 valence electrons. The molecule has 0 bridgehead atoms. The van der Waals surface area contributed by atoms with E-state index in [1.807, 2.05) is 19.1 Å². The molecule has 1 aromatic rings. The Bertz CT molecular complexity index is 624. The van der Waals surface area contributed by atoms with Crippen LogP contribution in [0.2, 0.25) is 0 Å². The summed E-state index contributed by atoms with van der Waals surface area (Å²) in [5.74, 6) is 0.511. The molecule has 2 amide bonds. The van der Waals surface area contributed by atoms with Crippen LogP contribution in [0.15, 0.2) is 18.2 Å². The minimum Gasteiger partial charge on any atom is -0.355 e. The van der Waals surface area contributed by atoms with Gasteiger partial charge in [0.2, 0.25) is 11.8 Å². The summed E-state index contributed by atoms with van der Waals surface area (Å²) in [7, 11) is 0. The van der Waals surface area contributed by atoms with E-state index in [4.69, 9.17) is 0 Å². The summed E-state index contributed by atoms with van der Waals surface area (Å²) in [4.78, 5) is 31.0. The number of likely N-dealkylation sites (tertiary alicyclic amines) is 1. The van der Waals surface area contributed by atoms with E-state index in [9.17, 15) is 9.59 Å². The van der Waals surface area contributed by atoms with Crippen LogP contribution >= 0.6 is 0 Å². The number of aryl methyl sites for hydroxylation is 1. The highest BCUT2D eigenvalue weighted by Gasteiger charge is 2.27. The normalized spacial score (nSPS) is 18.4. The highest BCUT2D eigenvalue weighted by Crippen LogP contribution is 2.19. The molecule has 0 saturated carbocycles. The predicted octanol–water partition coefficient (Wildman–Crippen LogP) is 2.59. The van der Waals surface area contributed by atoms with Gasteiger partial charge in [-0.25, -0.2) is 4.98 Å². The van der Waals surface area contributed by atoms with Gasteiger partial charge >= 0.3 is 0 Å². The number of hydrogen-bond acceptors (Lipinski definition) is 4. The Balaban J connectivity index is 1.79. The van der Waals surface area contributed by atoms with Gasteiger partial charge in [-0.05, 0) is 50.3 Å². The molecule has 0 spiro atoms. The molecule has 2 rings (SSSR count). The second kappa shape index (κ2) is 9.12. The standard InChI is InChI=1S/C20H32N4O2/c1-15-7-5-9-17(22-15)23-19(26)16-8-6-12-24(13-16)14-18(25)21-11-10-20(2,3)4/h5,7,9,16H,6,8,10-14H2,1-4H3,(H,21,25)(H,22,23,26). The number of piperidine rings is 1. The molecule has 2 N–H and O–H groups in total. The van der Waals surface area contributed by atoms with Gasteiger partial charge in [0, 0.05) is 18.8 Å². The zero-order valence-corrected chi connectivity index (χ0v) is 16.5. The molecule has 2 heterocycles. The Hall–Kier alpha value is -1.95. The van der Waals surface area contributed by atoms with E-state index < -0.39 is 0 Å². The minimum absolute atomic E-state index is 0.0130. The Morgan fingerprint density at radius 1 is 1.31 bits per heavy atom. The van der Waals surface area contributed by atoms with E-state index in [0.717, 1.165) is 31.5 Å². The summed E-state index contributed by atoms with van der Waals surface area (Å²) in [5, 5.41) is 5.89. The lowest BCUT2D eigenvalue weighted by molar-refractivity contribution is -0.125. The molecule has 0 aromatic carbocycles. The molecular weight excluding hydrogens is 328 g/mol. The van der Waals surface area contributed by atoms with Crippen molar-refractivity contribution in [3.05, 3.63) is 23.9 Å². The molecule has 1 fully saturated rings. The van der Waals surface area contributed by atoms with E-state index in [0.29, 0.717) is 25.5 Å². The van der Waals surface area contributed by atoms with Crippen LogP contribution in [-0.4, -0.2) is 47.9 Å². The maximum atomic E-state index is 12.5. The molecule has 26 heavy (non-hydrogen) atoms. The number of anilines is 1. The summed E-state index contributed by atoms with van der Waals surface area (Å²) in [6, 6.07) is 5.58. The molecular formula is C20H32N4O2. The van der Waals surface area contributed by atoms with E-state index in [-0.39, 0.29) is 23.1 Å². The topological polar surface area (TPSA) is 74.3 Å². The molecule has 1 unspecified atom stereocenters. The first-order chi connectivity index (χ1) is 12.2. The molecule has 0 radical (unpaired) electrons. The maximum Gasteiger partial charge on any atom is 0.234 e. The molecule has 1 aromatic heterocycles. The Kier molecular flexibility index (Phi) is 7.14. The molecule has 1 atom stereocenters. The van der Waals surface area contributed by atoms with Crippen LogP contribution in [0.25, 0.3) is 0 Å². The van der Waals surface area contributed by atoms with Crippen LogP contribution in [-0.2, 0) is 9.59 Å². The Morgan fingerprint density at radius 3 is 2.77 bits per heavy atom. The third-order valence-electron chi connectivity index (χ3n) is 4.58. The quantitative estimate of drug-likeness (QED) is 0.818. The lowest BCUT2D eigenvalue weighted by Gasteiger charge is -2.31. The summed E-state index contributed by atoms with van der Waals surface area (Å²) in [5.41, 5.74) is 1.09. The average Bonchev–Trinajstić information content (AvgIpc) is 2.54. The van der Waals surface area contributed by atoms with Crippen molar-refractivity contribution in [1.82, 2.24) is 15.2 Å². The van der Waals surface area contributed by atoms with Crippen molar-refractivity contribution >= 4 is 17.6 Å². The van der Waals surface area contributed by atoms with Crippen LogP contribution in [0.3, 0.4) is 0 Å². The highest BCUT2D eigenvalue weighted by molar-refractivity contribution is 5.92. The number of nitrogens with zero attached hydrogens (tertiary/aromatic N) is 2. The fourth-order valence-electron chi connectivity index (χ4n) is 3.09. The second-order valence-corrected chi connectivity index (χ2v) is 8.39. The predicted molar refractivity (Wildman–Crippen MR) is 104 cm³/mol. The summed E-state index contributed by atoms with van der Waals surface area (Å²) in [6.45, 7) is 10.9. The van der Waals surface area contributed by atoms with E-state index >= 15 is 0 Å². The smallest absolute Gasteiger partial charge is 0.234 e. The first kappa shape index (κ1) is 20.4. The maximum absolute atomic E-state index is 12.5. The van der Waals surface area contributed by atoms with Gasteiger partial charge in [0.15, 0.2) is 0 Å². The third-order valence-corrected chi connectivity index (χ3v) is 4.58. The van der Waals surface area contributed by atoms with Crippen molar-refractivity contribution in [1.29, 1.82) is 0 Å². The monoisotopic (exact) mass is 360 g/mol. The number of rotatable bonds is 6. The number of hydrogen-bond donors (Lipinski definition) is 2. The van der Waals surface area contributed by atoms with Crippen molar-refractivity contribution in [2.75, 3.05) is 31.5 Å². The molecule has 6 nitrogen and oxygen atoms in total. The van der Waals surface area contributed by atoms with Crippen molar-refractivity contribution in [2.24, 2.45) is 11.3 Å². The van der Waals surface area contributed by atoms with Gasteiger partial charge in [-0.1, -0.05) is 26.8 Å².